The first-order valence-electron chi connectivity index (χ1n) is 7.82. The normalized spacial score (nSPS) is 17.8. The number of hydrogen-bond acceptors (Lipinski definition) is 8. The molecule has 4 heterocycles. The van der Waals surface area contributed by atoms with E-state index in [1.54, 1.807) is 12.4 Å². The Morgan fingerprint density at radius 3 is 2.70 bits per heavy atom. The number of fused-ring (bicyclic) bond motifs is 1. The molecule has 0 aromatic carbocycles. The molecule has 0 spiro atoms. The molecule has 0 saturated carbocycles. The fraction of sp³-hybridized carbons (Fsp3) is 0.467. The van der Waals surface area contributed by atoms with Gasteiger partial charge in [-0.15, -0.1) is 0 Å². The van der Waals surface area contributed by atoms with E-state index in [1.807, 2.05) is 0 Å². The first kappa shape index (κ1) is 14.3. The van der Waals surface area contributed by atoms with Crippen LogP contribution in [0.1, 0.15) is 11.3 Å². The van der Waals surface area contributed by atoms with E-state index in [0.29, 0.717) is 5.82 Å². The van der Waals surface area contributed by atoms with Crippen LogP contribution in [0.5, 0.6) is 0 Å². The summed E-state index contributed by atoms with van der Waals surface area (Å²) in [6, 6.07) is 0. The second-order valence-electron chi connectivity index (χ2n) is 5.65. The Bertz CT molecular complexity index is 698. The highest BCUT2D eigenvalue weighted by molar-refractivity contribution is 5.60. The van der Waals surface area contributed by atoms with Crippen LogP contribution in [0.15, 0.2) is 12.4 Å². The third-order valence-corrected chi connectivity index (χ3v) is 4.16. The van der Waals surface area contributed by atoms with Crippen LogP contribution in [-0.4, -0.2) is 52.8 Å². The van der Waals surface area contributed by atoms with Crippen molar-refractivity contribution in [2.45, 2.75) is 13.0 Å². The van der Waals surface area contributed by atoms with Crippen LogP contribution in [0.25, 0.3) is 11.4 Å². The van der Waals surface area contributed by atoms with Gasteiger partial charge >= 0.3 is 0 Å². The van der Waals surface area contributed by atoms with E-state index in [1.165, 1.54) is 5.56 Å². The van der Waals surface area contributed by atoms with Crippen LogP contribution in [0.3, 0.4) is 0 Å². The summed E-state index contributed by atoms with van der Waals surface area (Å²) in [5.41, 5.74) is 8.64. The third-order valence-electron chi connectivity index (χ3n) is 4.16. The minimum atomic E-state index is 0.252. The molecule has 0 bridgehead atoms. The van der Waals surface area contributed by atoms with Gasteiger partial charge in [0.2, 0.25) is 5.95 Å². The van der Waals surface area contributed by atoms with Crippen molar-refractivity contribution in [3.63, 3.8) is 0 Å². The summed E-state index contributed by atoms with van der Waals surface area (Å²) in [5, 5.41) is 3.37. The van der Waals surface area contributed by atoms with Crippen LogP contribution in [0.4, 0.5) is 11.8 Å². The minimum Gasteiger partial charge on any atom is -0.378 e. The van der Waals surface area contributed by atoms with Gasteiger partial charge < -0.3 is 20.7 Å². The van der Waals surface area contributed by atoms with Crippen LogP contribution >= 0.6 is 0 Å². The minimum absolute atomic E-state index is 0.252. The molecule has 2 aromatic heterocycles. The number of hydrogen-bond donors (Lipinski definition) is 2. The number of nitrogens with two attached hydrogens (primary N) is 1. The first-order chi connectivity index (χ1) is 11.3. The zero-order chi connectivity index (χ0) is 15.6. The van der Waals surface area contributed by atoms with Crippen LogP contribution < -0.4 is 16.0 Å². The third kappa shape index (κ3) is 2.82. The second-order valence-corrected chi connectivity index (χ2v) is 5.65. The summed E-state index contributed by atoms with van der Waals surface area (Å²) in [7, 11) is 0. The van der Waals surface area contributed by atoms with Gasteiger partial charge in [-0.2, -0.15) is 0 Å². The van der Waals surface area contributed by atoms with E-state index in [9.17, 15) is 0 Å². The Balaban J connectivity index is 1.79. The van der Waals surface area contributed by atoms with E-state index in [2.05, 4.69) is 20.2 Å². The summed E-state index contributed by atoms with van der Waals surface area (Å²) in [6.07, 6.45) is 4.29. The maximum atomic E-state index is 5.57. The highest BCUT2D eigenvalue weighted by Crippen LogP contribution is 2.27. The lowest BCUT2D eigenvalue weighted by Crippen LogP contribution is -2.39. The molecule has 0 radical (unpaired) electrons. The van der Waals surface area contributed by atoms with Gasteiger partial charge in [-0.05, 0) is 13.0 Å². The largest absolute Gasteiger partial charge is 0.378 e. The average Bonchev–Trinajstić information content (AvgIpc) is 2.62. The molecule has 8 nitrogen and oxygen atoms in total. The zero-order valence-electron chi connectivity index (χ0n) is 12.8. The van der Waals surface area contributed by atoms with E-state index in [4.69, 9.17) is 20.4 Å². The second kappa shape index (κ2) is 6.05. The van der Waals surface area contributed by atoms with Crippen molar-refractivity contribution in [3.05, 3.63) is 23.7 Å². The highest BCUT2D eigenvalue weighted by atomic mass is 16.5. The van der Waals surface area contributed by atoms with Gasteiger partial charge in [0, 0.05) is 37.6 Å². The highest BCUT2D eigenvalue weighted by Gasteiger charge is 2.23. The van der Waals surface area contributed by atoms with E-state index in [-0.39, 0.29) is 5.95 Å². The van der Waals surface area contributed by atoms with E-state index in [0.717, 1.165) is 62.9 Å². The Morgan fingerprint density at radius 2 is 1.91 bits per heavy atom. The lowest BCUT2D eigenvalue weighted by Gasteiger charge is -2.31. The molecule has 120 valence electrons. The number of ether oxygens (including phenoxy) is 1. The molecule has 1 fully saturated rings. The summed E-state index contributed by atoms with van der Waals surface area (Å²) in [4.78, 5) is 19.9. The van der Waals surface area contributed by atoms with Crippen LogP contribution in [0.2, 0.25) is 0 Å². The quantitative estimate of drug-likeness (QED) is 0.798. The topological polar surface area (TPSA) is 102 Å². The SMILES string of the molecule is Nc1ncc(-c2nc3c(c(N4CCOCC4)n2)CCNC3)cn1. The van der Waals surface area contributed by atoms with Gasteiger partial charge in [-0.3, -0.25) is 0 Å². The van der Waals surface area contributed by atoms with Gasteiger partial charge in [0.25, 0.3) is 0 Å². The maximum absolute atomic E-state index is 5.57. The lowest BCUT2D eigenvalue weighted by molar-refractivity contribution is 0.122. The molecule has 2 aliphatic rings. The van der Waals surface area contributed by atoms with Gasteiger partial charge in [0.1, 0.15) is 5.82 Å². The molecule has 0 atom stereocenters. The fourth-order valence-electron chi connectivity index (χ4n) is 2.96. The standard InChI is InChI=1S/C15H19N7O/c16-15-18-7-10(8-19-15)13-20-12-9-17-2-1-11(12)14(21-13)22-3-5-23-6-4-22/h7-8,17H,1-6,9H2,(H2,16,18,19). The van der Waals surface area contributed by atoms with Crippen molar-refractivity contribution < 1.29 is 4.74 Å². The number of nitrogens with zero attached hydrogens (tertiary/aromatic N) is 5. The fourth-order valence-corrected chi connectivity index (χ4v) is 2.96. The number of morpholine rings is 1. The van der Waals surface area contributed by atoms with E-state index >= 15 is 0 Å². The number of aromatic nitrogens is 4. The van der Waals surface area contributed by atoms with Crippen molar-refractivity contribution >= 4 is 11.8 Å². The van der Waals surface area contributed by atoms with Crippen molar-refractivity contribution in [1.82, 2.24) is 25.3 Å². The molecule has 0 amide bonds. The summed E-state index contributed by atoms with van der Waals surface area (Å²) in [5.74, 6) is 1.92. The van der Waals surface area contributed by atoms with Gasteiger partial charge in [-0.25, -0.2) is 19.9 Å². The molecule has 0 aliphatic carbocycles. The molecular formula is C15H19N7O. The average molecular weight is 313 g/mol. The molecule has 0 unspecified atom stereocenters. The molecule has 23 heavy (non-hydrogen) atoms. The van der Waals surface area contributed by atoms with Gasteiger partial charge in [0.05, 0.1) is 24.5 Å². The summed E-state index contributed by atoms with van der Waals surface area (Å²) in [6.45, 7) is 4.90. The van der Waals surface area contributed by atoms with Crippen molar-refractivity contribution in [2.75, 3.05) is 43.5 Å². The maximum Gasteiger partial charge on any atom is 0.219 e. The Hall–Kier alpha value is -2.32. The molecular weight excluding hydrogens is 294 g/mol. The number of anilines is 2. The summed E-state index contributed by atoms with van der Waals surface area (Å²) >= 11 is 0. The van der Waals surface area contributed by atoms with Crippen molar-refractivity contribution in [1.29, 1.82) is 0 Å². The van der Waals surface area contributed by atoms with E-state index < -0.39 is 0 Å². The molecule has 2 aliphatic heterocycles. The Kier molecular flexibility index (Phi) is 3.76. The lowest BCUT2D eigenvalue weighted by atomic mass is 10.1. The first-order valence-corrected chi connectivity index (χ1v) is 7.82. The zero-order valence-corrected chi connectivity index (χ0v) is 12.8. The predicted octanol–water partition coefficient (Wildman–Crippen LogP) is -0.00190. The molecule has 1 saturated heterocycles. The number of rotatable bonds is 2. The van der Waals surface area contributed by atoms with Gasteiger partial charge in [0.15, 0.2) is 5.82 Å². The molecule has 4 rings (SSSR count). The van der Waals surface area contributed by atoms with Gasteiger partial charge in [-0.1, -0.05) is 0 Å². The molecule has 3 N–H and O–H groups in total. The summed E-state index contributed by atoms with van der Waals surface area (Å²) < 4.78 is 5.46. The number of nitrogens with one attached hydrogen (secondary N) is 1. The Morgan fingerprint density at radius 1 is 1.13 bits per heavy atom. The Labute approximate surface area is 134 Å². The molecule has 8 heteroatoms. The van der Waals surface area contributed by atoms with Crippen LogP contribution in [-0.2, 0) is 17.7 Å². The number of nitrogen functional groups attached to an aromatic ring is 1. The monoisotopic (exact) mass is 313 g/mol. The van der Waals surface area contributed by atoms with Crippen molar-refractivity contribution in [3.8, 4) is 11.4 Å². The van der Waals surface area contributed by atoms with Crippen LogP contribution in [0, 0.1) is 0 Å². The predicted molar refractivity (Wildman–Crippen MR) is 85.9 cm³/mol. The molecule has 2 aromatic rings. The van der Waals surface area contributed by atoms with Crippen molar-refractivity contribution in [2.24, 2.45) is 0 Å². The smallest absolute Gasteiger partial charge is 0.219 e.